The van der Waals surface area contributed by atoms with Crippen LogP contribution in [0.2, 0.25) is 0 Å². The average molecular weight is 255 g/mol. The van der Waals surface area contributed by atoms with Gasteiger partial charge in [-0.2, -0.15) is 0 Å². The highest BCUT2D eigenvalue weighted by Gasteiger charge is 2.16. The molecule has 1 amide bonds. The van der Waals surface area contributed by atoms with Crippen molar-refractivity contribution in [3.05, 3.63) is 0 Å². The van der Waals surface area contributed by atoms with Gasteiger partial charge in [0.05, 0.1) is 0 Å². The highest BCUT2D eigenvalue weighted by atomic mass is 16.2. The fraction of sp³-hybridized carbons (Fsp3) is 0.929. The number of likely N-dealkylation sites (N-methyl/N-ethyl adjacent to an activating group) is 1. The number of rotatable bonds is 8. The molecule has 106 valence electrons. The molecular weight excluding hydrogens is 226 g/mol. The summed E-state index contributed by atoms with van der Waals surface area (Å²) < 4.78 is 0. The van der Waals surface area contributed by atoms with Crippen molar-refractivity contribution in [1.29, 1.82) is 0 Å². The summed E-state index contributed by atoms with van der Waals surface area (Å²) in [4.78, 5) is 16.1. The van der Waals surface area contributed by atoms with Gasteiger partial charge in [0, 0.05) is 32.1 Å². The van der Waals surface area contributed by atoms with Crippen LogP contribution < -0.4 is 5.32 Å². The monoisotopic (exact) mass is 255 g/mol. The van der Waals surface area contributed by atoms with Crippen LogP contribution in [0.25, 0.3) is 0 Å². The number of nitrogens with one attached hydrogen (secondary N) is 1. The fourth-order valence-corrected chi connectivity index (χ4v) is 2.61. The van der Waals surface area contributed by atoms with Crippen LogP contribution >= 0.6 is 0 Å². The quantitative estimate of drug-likeness (QED) is 0.710. The highest BCUT2D eigenvalue weighted by molar-refractivity contribution is 5.76. The average Bonchev–Trinajstić information content (AvgIpc) is 2.83. The Morgan fingerprint density at radius 1 is 1.33 bits per heavy atom. The second kappa shape index (κ2) is 8.48. The number of nitrogens with zero attached hydrogens (tertiary/aromatic N) is 2. The van der Waals surface area contributed by atoms with E-state index in [1.54, 1.807) is 0 Å². The number of amides is 1. The molecule has 0 bridgehead atoms. The van der Waals surface area contributed by atoms with Gasteiger partial charge in [-0.3, -0.25) is 4.79 Å². The summed E-state index contributed by atoms with van der Waals surface area (Å²) in [6.45, 7) is 9.04. The topological polar surface area (TPSA) is 35.6 Å². The molecule has 1 atom stereocenters. The molecule has 1 heterocycles. The van der Waals surface area contributed by atoms with Gasteiger partial charge in [0.2, 0.25) is 5.91 Å². The second-order valence-electron chi connectivity index (χ2n) is 5.23. The molecular formula is C14H29N3O. The van der Waals surface area contributed by atoms with Crippen LogP contribution in [-0.2, 0) is 4.79 Å². The fourth-order valence-electron chi connectivity index (χ4n) is 2.61. The summed E-state index contributed by atoms with van der Waals surface area (Å²) in [5, 5.41) is 3.51. The third-order valence-electron chi connectivity index (χ3n) is 3.74. The van der Waals surface area contributed by atoms with E-state index < -0.39 is 0 Å². The molecule has 0 saturated carbocycles. The lowest BCUT2D eigenvalue weighted by Crippen LogP contribution is -2.36. The normalized spacial score (nSPS) is 19.4. The van der Waals surface area contributed by atoms with Gasteiger partial charge in [-0.25, -0.2) is 0 Å². The Kier molecular flexibility index (Phi) is 7.28. The van der Waals surface area contributed by atoms with E-state index >= 15 is 0 Å². The third kappa shape index (κ3) is 5.36. The minimum atomic E-state index is 0.299. The van der Waals surface area contributed by atoms with Crippen molar-refractivity contribution in [3.63, 3.8) is 0 Å². The molecule has 4 heteroatoms. The Bertz CT molecular complexity index is 235. The van der Waals surface area contributed by atoms with Crippen molar-refractivity contribution >= 4 is 5.91 Å². The maximum Gasteiger partial charge on any atom is 0.222 e. The second-order valence-corrected chi connectivity index (χ2v) is 5.23. The molecule has 1 aliphatic rings. The van der Waals surface area contributed by atoms with Crippen molar-refractivity contribution in [2.45, 2.75) is 45.6 Å². The third-order valence-corrected chi connectivity index (χ3v) is 3.74. The van der Waals surface area contributed by atoms with Crippen LogP contribution in [0.5, 0.6) is 0 Å². The van der Waals surface area contributed by atoms with Gasteiger partial charge in [-0.05, 0) is 53.2 Å². The SMILES string of the molecule is CCN(CC)C(=O)CCCN(C)CC1CCCN1. The molecule has 0 radical (unpaired) electrons. The van der Waals surface area contributed by atoms with Crippen LogP contribution in [0.4, 0.5) is 0 Å². The van der Waals surface area contributed by atoms with Gasteiger partial charge in [0.25, 0.3) is 0 Å². The summed E-state index contributed by atoms with van der Waals surface area (Å²) in [5.41, 5.74) is 0. The maximum absolute atomic E-state index is 11.8. The number of hydrogen-bond acceptors (Lipinski definition) is 3. The molecule has 0 aliphatic carbocycles. The summed E-state index contributed by atoms with van der Waals surface area (Å²) in [7, 11) is 2.15. The van der Waals surface area contributed by atoms with E-state index in [1.807, 2.05) is 18.7 Å². The molecule has 0 aromatic heterocycles. The summed E-state index contributed by atoms with van der Waals surface area (Å²) in [5.74, 6) is 0.299. The lowest BCUT2D eigenvalue weighted by atomic mass is 10.2. The molecule has 1 fully saturated rings. The van der Waals surface area contributed by atoms with Gasteiger partial charge < -0.3 is 15.1 Å². The van der Waals surface area contributed by atoms with E-state index in [1.165, 1.54) is 19.4 Å². The predicted octanol–water partition coefficient (Wildman–Crippen LogP) is 1.32. The van der Waals surface area contributed by atoms with Gasteiger partial charge in [0.15, 0.2) is 0 Å². The summed E-state index contributed by atoms with van der Waals surface area (Å²) >= 11 is 0. The Labute approximate surface area is 112 Å². The Morgan fingerprint density at radius 3 is 2.61 bits per heavy atom. The highest BCUT2D eigenvalue weighted by Crippen LogP contribution is 2.07. The van der Waals surface area contributed by atoms with Crippen LogP contribution in [0.1, 0.15) is 39.5 Å². The smallest absolute Gasteiger partial charge is 0.222 e. The van der Waals surface area contributed by atoms with Crippen molar-refractivity contribution in [2.24, 2.45) is 0 Å². The van der Waals surface area contributed by atoms with Gasteiger partial charge in [0.1, 0.15) is 0 Å². The van der Waals surface area contributed by atoms with E-state index in [4.69, 9.17) is 0 Å². The predicted molar refractivity (Wildman–Crippen MR) is 75.7 cm³/mol. The van der Waals surface area contributed by atoms with E-state index in [0.29, 0.717) is 18.4 Å². The molecule has 1 N–H and O–H groups in total. The standard InChI is InChI=1S/C14H29N3O/c1-4-17(5-2)14(18)9-7-11-16(3)12-13-8-6-10-15-13/h13,15H,4-12H2,1-3H3. The van der Waals surface area contributed by atoms with Crippen molar-refractivity contribution < 1.29 is 4.79 Å². The van der Waals surface area contributed by atoms with Gasteiger partial charge >= 0.3 is 0 Å². The lowest BCUT2D eigenvalue weighted by Gasteiger charge is -2.22. The van der Waals surface area contributed by atoms with Crippen molar-refractivity contribution in [2.75, 3.05) is 39.8 Å². The lowest BCUT2D eigenvalue weighted by molar-refractivity contribution is -0.130. The van der Waals surface area contributed by atoms with E-state index in [0.717, 1.165) is 32.6 Å². The summed E-state index contributed by atoms with van der Waals surface area (Å²) in [6, 6.07) is 0.661. The van der Waals surface area contributed by atoms with E-state index in [2.05, 4.69) is 17.3 Å². The Balaban J connectivity index is 2.10. The first kappa shape index (κ1) is 15.4. The van der Waals surface area contributed by atoms with Gasteiger partial charge in [-0.1, -0.05) is 0 Å². The van der Waals surface area contributed by atoms with Gasteiger partial charge in [-0.15, -0.1) is 0 Å². The van der Waals surface area contributed by atoms with Crippen LogP contribution in [0, 0.1) is 0 Å². The minimum Gasteiger partial charge on any atom is -0.343 e. The van der Waals surface area contributed by atoms with Crippen LogP contribution in [-0.4, -0.2) is 61.5 Å². The zero-order chi connectivity index (χ0) is 13.4. The van der Waals surface area contributed by atoms with E-state index in [9.17, 15) is 4.79 Å². The molecule has 0 aromatic rings. The molecule has 1 rings (SSSR count). The maximum atomic E-state index is 11.8. The molecule has 18 heavy (non-hydrogen) atoms. The first-order valence-electron chi connectivity index (χ1n) is 7.37. The Morgan fingerprint density at radius 2 is 2.06 bits per heavy atom. The largest absolute Gasteiger partial charge is 0.343 e. The molecule has 0 aromatic carbocycles. The Hall–Kier alpha value is -0.610. The number of carbonyl (C=O) groups excluding carboxylic acids is 1. The molecule has 1 unspecified atom stereocenters. The number of carbonyl (C=O) groups is 1. The van der Waals surface area contributed by atoms with Crippen molar-refractivity contribution in [1.82, 2.24) is 15.1 Å². The molecule has 1 aliphatic heterocycles. The molecule has 0 spiro atoms. The van der Waals surface area contributed by atoms with Crippen LogP contribution in [0.15, 0.2) is 0 Å². The zero-order valence-corrected chi connectivity index (χ0v) is 12.2. The van der Waals surface area contributed by atoms with Crippen molar-refractivity contribution in [3.8, 4) is 0 Å². The number of hydrogen-bond donors (Lipinski definition) is 1. The molecule has 1 saturated heterocycles. The zero-order valence-electron chi connectivity index (χ0n) is 12.2. The van der Waals surface area contributed by atoms with Crippen LogP contribution in [0.3, 0.4) is 0 Å². The summed E-state index contributed by atoms with van der Waals surface area (Å²) in [6.07, 6.45) is 4.25. The minimum absolute atomic E-state index is 0.299. The first-order valence-corrected chi connectivity index (χ1v) is 7.37. The first-order chi connectivity index (χ1) is 8.67. The van der Waals surface area contributed by atoms with E-state index in [-0.39, 0.29) is 0 Å². The molecule has 4 nitrogen and oxygen atoms in total.